The van der Waals surface area contributed by atoms with Crippen molar-refractivity contribution in [2.75, 3.05) is 6.61 Å². The summed E-state index contributed by atoms with van der Waals surface area (Å²) in [6.07, 6.45) is 2.52. The molecular weight excluding hydrogens is 260 g/mol. The minimum atomic E-state index is -0.549. The van der Waals surface area contributed by atoms with Crippen molar-refractivity contribution in [1.29, 1.82) is 0 Å². The number of nitrogens with one attached hydrogen (secondary N) is 2. The predicted molar refractivity (Wildman–Crippen MR) is 79.4 cm³/mol. The number of hydrogen-bond donors (Lipinski definition) is 3. The molecule has 0 aromatic carbocycles. The van der Waals surface area contributed by atoms with Crippen molar-refractivity contribution >= 4 is 17.4 Å². The third-order valence-electron chi connectivity index (χ3n) is 3.17. The molecule has 5 heteroatoms. The van der Waals surface area contributed by atoms with Gasteiger partial charge in [-0.1, -0.05) is 26.3 Å². The molecule has 1 heterocycles. The van der Waals surface area contributed by atoms with Crippen LogP contribution in [-0.2, 0) is 0 Å². The van der Waals surface area contributed by atoms with Crippen LogP contribution < -0.4 is 10.6 Å². The van der Waals surface area contributed by atoms with Crippen molar-refractivity contribution < 1.29 is 9.90 Å². The fourth-order valence-electron chi connectivity index (χ4n) is 2.07. The second kappa shape index (κ2) is 7.50. The smallest absolute Gasteiger partial charge is 0.315 e. The molecule has 2 atom stereocenters. The van der Waals surface area contributed by atoms with E-state index in [0.29, 0.717) is 0 Å². The molecule has 0 bridgehead atoms. The molecule has 19 heavy (non-hydrogen) atoms. The third kappa shape index (κ3) is 4.84. The molecule has 108 valence electrons. The Morgan fingerprint density at radius 2 is 2.26 bits per heavy atom. The monoisotopic (exact) mass is 284 g/mol. The molecule has 0 saturated heterocycles. The number of aliphatic hydroxyl groups is 1. The van der Waals surface area contributed by atoms with E-state index in [-0.39, 0.29) is 18.7 Å². The van der Waals surface area contributed by atoms with Gasteiger partial charge >= 0.3 is 6.03 Å². The second-order valence-electron chi connectivity index (χ2n) is 5.04. The highest BCUT2D eigenvalue weighted by atomic mass is 32.1. The van der Waals surface area contributed by atoms with Gasteiger partial charge in [0.25, 0.3) is 0 Å². The molecule has 1 aromatic heterocycles. The highest BCUT2D eigenvalue weighted by Crippen LogP contribution is 2.21. The van der Waals surface area contributed by atoms with Crippen LogP contribution in [-0.4, -0.2) is 23.3 Å². The number of carbonyl (C=O) groups excluding carboxylic acids is 1. The minimum absolute atomic E-state index is 0.0320. The van der Waals surface area contributed by atoms with Crippen molar-refractivity contribution in [2.45, 2.75) is 51.6 Å². The fraction of sp³-hybridized carbons (Fsp3) is 0.643. The molecule has 2 unspecified atom stereocenters. The van der Waals surface area contributed by atoms with E-state index in [9.17, 15) is 9.90 Å². The maximum atomic E-state index is 12.0. The lowest BCUT2D eigenvalue weighted by atomic mass is 9.97. The SMILES string of the molecule is CCCC(C)(CO)NC(=O)NC(CC)c1cccs1. The Bertz CT molecular complexity index is 381. The maximum absolute atomic E-state index is 12.0. The van der Waals surface area contributed by atoms with E-state index in [4.69, 9.17) is 0 Å². The van der Waals surface area contributed by atoms with Crippen LogP contribution >= 0.6 is 11.3 Å². The first-order valence-corrected chi connectivity index (χ1v) is 7.65. The molecule has 0 aliphatic heterocycles. The van der Waals surface area contributed by atoms with Gasteiger partial charge in [0.2, 0.25) is 0 Å². The lowest BCUT2D eigenvalue weighted by Crippen LogP contribution is -2.53. The average Bonchev–Trinajstić information content (AvgIpc) is 2.90. The van der Waals surface area contributed by atoms with Crippen LogP contribution in [0.4, 0.5) is 4.79 Å². The van der Waals surface area contributed by atoms with Crippen LogP contribution in [0.5, 0.6) is 0 Å². The van der Waals surface area contributed by atoms with E-state index in [2.05, 4.69) is 10.6 Å². The van der Waals surface area contributed by atoms with Crippen LogP contribution in [0.1, 0.15) is 51.0 Å². The number of aliphatic hydroxyl groups excluding tert-OH is 1. The average molecular weight is 284 g/mol. The number of hydrogen-bond acceptors (Lipinski definition) is 3. The van der Waals surface area contributed by atoms with Gasteiger partial charge in [0.05, 0.1) is 18.2 Å². The van der Waals surface area contributed by atoms with Gasteiger partial charge in [0, 0.05) is 4.88 Å². The zero-order chi connectivity index (χ0) is 14.3. The molecular formula is C14H24N2O2S. The molecule has 0 aliphatic rings. The lowest BCUT2D eigenvalue weighted by molar-refractivity contribution is 0.162. The van der Waals surface area contributed by atoms with Gasteiger partial charge < -0.3 is 15.7 Å². The van der Waals surface area contributed by atoms with Crippen molar-refractivity contribution in [3.05, 3.63) is 22.4 Å². The summed E-state index contributed by atoms with van der Waals surface area (Å²) in [4.78, 5) is 13.2. The van der Waals surface area contributed by atoms with Crippen LogP contribution in [0.2, 0.25) is 0 Å². The van der Waals surface area contributed by atoms with E-state index < -0.39 is 5.54 Å². The summed E-state index contributed by atoms with van der Waals surface area (Å²) < 4.78 is 0. The molecule has 0 saturated carbocycles. The first-order chi connectivity index (χ1) is 9.04. The summed E-state index contributed by atoms with van der Waals surface area (Å²) >= 11 is 1.64. The molecule has 0 aliphatic carbocycles. The molecule has 0 fully saturated rings. The summed E-state index contributed by atoms with van der Waals surface area (Å²) in [7, 11) is 0. The number of amides is 2. The summed E-state index contributed by atoms with van der Waals surface area (Å²) in [5, 5.41) is 17.2. The number of rotatable bonds is 7. The molecule has 1 rings (SSSR count). The molecule has 2 amide bonds. The lowest BCUT2D eigenvalue weighted by Gasteiger charge is -2.29. The number of thiophene rings is 1. The van der Waals surface area contributed by atoms with E-state index >= 15 is 0 Å². The highest BCUT2D eigenvalue weighted by Gasteiger charge is 2.25. The Balaban J connectivity index is 2.58. The Labute approximate surface area is 119 Å². The van der Waals surface area contributed by atoms with Crippen molar-refractivity contribution in [3.63, 3.8) is 0 Å². The number of carbonyl (C=O) groups is 1. The highest BCUT2D eigenvalue weighted by molar-refractivity contribution is 7.10. The van der Waals surface area contributed by atoms with E-state index in [1.807, 2.05) is 38.3 Å². The summed E-state index contributed by atoms with van der Waals surface area (Å²) in [6, 6.07) is 3.82. The van der Waals surface area contributed by atoms with Gasteiger partial charge in [-0.05, 0) is 31.2 Å². The van der Waals surface area contributed by atoms with Crippen LogP contribution in [0.25, 0.3) is 0 Å². The van der Waals surface area contributed by atoms with Gasteiger partial charge in [0.15, 0.2) is 0 Å². The van der Waals surface area contributed by atoms with E-state index in [1.54, 1.807) is 11.3 Å². The first-order valence-electron chi connectivity index (χ1n) is 6.77. The topological polar surface area (TPSA) is 61.4 Å². The van der Waals surface area contributed by atoms with E-state index in [0.717, 1.165) is 24.1 Å². The number of urea groups is 1. The predicted octanol–water partition coefficient (Wildman–Crippen LogP) is 3.05. The van der Waals surface area contributed by atoms with E-state index in [1.165, 1.54) is 0 Å². The summed E-state index contributed by atoms with van der Waals surface area (Å²) in [6.45, 7) is 5.89. The normalized spacial score (nSPS) is 15.6. The van der Waals surface area contributed by atoms with Crippen molar-refractivity contribution in [3.8, 4) is 0 Å². The van der Waals surface area contributed by atoms with Gasteiger partial charge in [-0.15, -0.1) is 11.3 Å². The molecule has 0 radical (unpaired) electrons. The second-order valence-corrected chi connectivity index (χ2v) is 6.02. The van der Waals surface area contributed by atoms with Crippen molar-refractivity contribution in [2.24, 2.45) is 0 Å². The summed E-state index contributed by atoms with van der Waals surface area (Å²) in [5.41, 5.74) is -0.549. The standard InChI is InChI=1S/C14H24N2O2S/c1-4-8-14(3,10-17)16-13(18)15-11(5-2)12-7-6-9-19-12/h6-7,9,11,17H,4-5,8,10H2,1-3H3,(H2,15,16,18). The van der Waals surface area contributed by atoms with Crippen LogP contribution in [0.15, 0.2) is 17.5 Å². The Morgan fingerprint density at radius 1 is 1.53 bits per heavy atom. The zero-order valence-corrected chi connectivity index (χ0v) is 12.7. The quantitative estimate of drug-likeness (QED) is 0.720. The van der Waals surface area contributed by atoms with Crippen LogP contribution in [0, 0.1) is 0 Å². The van der Waals surface area contributed by atoms with Gasteiger partial charge in [-0.2, -0.15) is 0 Å². The van der Waals surface area contributed by atoms with Gasteiger partial charge in [-0.3, -0.25) is 0 Å². The van der Waals surface area contributed by atoms with Gasteiger partial charge in [-0.25, -0.2) is 4.79 Å². The zero-order valence-electron chi connectivity index (χ0n) is 11.9. The first kappa shape index (κ1) is 16.0. The molecule has 0 spiro atoms. The largest absolute Gasteiger partial charge is 0.394 e. The molecule has 4 nitrogen and oxygen atoms in total. The third-order valence-corrected chi connectivity index (χ3v) is 4.15. The Hall–Kier alpha value is -1.07. The molecule has 3 N–H and O–H groups in total. The van der Waals surface area contributed by atoms with Gasteiger partial charge in [0.1, 0.15) is 0 Å². The molecule has 1 aromatic rings. The maximum Gasteiger partial charge on any atom is 0.315 e. The van der Waals surface area contributed by atoms with Crippen LogP contribution in [0.3, 0.4) is 0 Å². The summed E-state index contributed by atoms with van der Waals surface area (Å²) in [5.74, 6) is 0. The minimum Gasteiger partial charge on any atom is -0.394 e. The van der Waals surface area contributed by atoms with Crippen molar-refractivity contribution in [1.82, 2.24) is 10.6 Å². The Kier molecular flexibility index (Phi) is 6.31. The Morgan fingerprint density at radius 3 is 2.74 bits per heavy atom. The fourth-order valence-corrected chi connectivity index (χ4v) is 2.93.